The van der Waals surface area contributed by atoms with E-state index < -0.39 is 6.04 Å². The summed E-state index contributed by atoms with van der Waals surface area (Å²) in [6.45, 7) is 2.19. The lowest BCUT2D eigenvalue weighted by Crippen LogP contribution is -2.50. The maximum atomic E-state index is 13.2. The Labute approximate surface area is 199 Å². The van der Waals surface area contributed by atoms with Crippen molar-refractivity contribution in [3.8, 4) is 5.75 Å². The molecule has 2 amide bonds. The molecule has 0 aromatic heterocycles. The summed E-state index contributed by atoms with van der Waals surface area (Å²) in [5, 5.41) is 3.78. The van der Waals surface area contributed by atoms with E-state index in [0.29, 0.717) is 23.1 Å². The zero-order chi connectivity index (χ0) is 22.9. The van der Waals surface area contributed by atoms with Gasteiger partial charge in [-0.1, -0.05) is 48.7 Å². The number of nitrogens with one attached hydrogen (secondary N) is 1. The second kappa shape index (κ2) is 12.2. The molecule has 1 atom stereocenters. The summed E-state index contributed by atoms with van der Waals surface area (Å²) in [4.78, 5) is 27.7. The molecule has 1 unspecified atom stereocenters. The highest BCUT2D eigenvalue weighted by atomic mass is 35.5. The van der Waals surface area contributed by atoms with Crippen molar-refractivity contribution in [1.29, 1.82) is 0 Å². The quantitative estimate of drug-likeness (QED) is 0.523. The molecule has 2 aromatic carbocycles. The third-order valence-corrected chi connectivity index (χ3v) is 7.03. The summed E-state index contributed by atoms with van der Waals surface area (Å²) in [6.07, 6.45) is 4.33. The van der Waals surface area contributed by atoms with Crippen molar-refractivity contribution in [2.45, 2.75) is 57.0 Å². The SMILES string of the molecule is COc1ccc(CSCC(=O)N(Cc2ccc(Cl)cc2)C(C)C(=O)NC2CCCC2)cc1. The van der Waals surface area contributed by atoms with Crippen molar-refractivity contribution in [1.82, 2.24) is 10.2 Å². The van der Waals surface area contributed by atoms with E-state index in [-0.39, 0.29) is 17.9 Å². The number of carbonyl (C=O) groups is 2. The van der Waals surface area contributed by atoms with Crippen LogP contribution in [0.2, 0.25) is 5.02 Å². The number of ether oxygens (including phenoxy) is 1. The number of benzene rings is 2. The molecule has 7 heteroatoms. The van der Waals surface area contributed by atoms with Gasteiger partial charge in [0.2, 0.25) is 11.8 Å². The minimum absolute atomic E-state index is 0.0486. The van der Waals surface area contributed by atoms with Gasteiger partial charge in [-0.3, -0.25) is 9.59 Å². The number of hydrogen-bond acceptors (Lipinski definition) is 4. The zero-order valence-electron chi connectivity index (χ0n) is 18.7. The molecule has 32 heavy (non-hydrogen) atoms. The first-order chi connectivity index (χ1) is 15.5. The van der Waals surface area contributed by atoms with Crippen LogP contribution in [0.3, 0.4) is 0 Å². The molecule has 0 radical (unpaired) electrons. The van der Waals surface area contributed by atoms with Crippen molar-refractivity contribution in [3.05, 3.63) is 64.7 Å². The molecule has 1 N–H and O–H groups in total. The van der Waals surface area contributed by atoms with Gasteiger partial charge in [0.05, 0.1) is 12.9 Å². The number of hydrogen-bond donors (Lipinski definition) is 1. The van der Waals surface area contributed by atoms with Gasteiger partial charge >= 0.3 is 0 Å². The lowest BCUT2D eigenvalue weighted by atomic mass is 10.1. The molecule has 0 spiro atoms. The Balaban J connectivity index is 1.63. The number of halogens is 1. The topological polar surface area (TPSA) is 58.6 Å². The normalized spacial score (nSPS) is 14.7. The molecule has 0 bridgehead atoms. The molecule has 2 aromatic rings. The lowest BCUT2D eigenvalue weighted by Gasteiger charge is -2.29. The van der Waals surface area contributed by atoms with E-state index in [1.54, 1.807) is 35.9 Å². The maximum Gasteiger partial charge on any atom is 0.242 e. The van der Waals surface area contributed by atoms with Gasteiger partial charge in [-0.05, 0) is 55.2 Å². The zero-order valence-corrected chi connectivity index (χ0v) is 20.3. The van der Waals surface area contributed by atoms with Gasteiger partial charge in [0.1, 0.15) is 11.8 Å². The van der Waals surface area contributed by atoms with Crippen LogP contribution in [0.15, 0.2) is 48.5 Å². The third kappa shape index (κ3) is 7.17. The van der Waals surface area contributed by atoms with Crippen LogP contribution in [0, 0.1) is 0 Å². The summed E-state index contributed by atoms with van der Waals surface area (Å²) in [7, 11) is 1.64. The minimum Gasteiger partial charge on any atom is -0.497 e. The Morgan fingerprint density at radius 3 is 2.34 bits per heavy atom. The fraction of sp³-hybridized carbons (Fsp3) is 0.440. The second-order valence-corrected chi connectivity index (χ2v) is 9.58. The maximum absolute atomic E-state index is 13.2. The largest absolute Gasteiger partial charge is 0.497 e. The van der Waals surface area contributed by atoms with E-state index >= 15 is 0 Å². The Hall–Kier alpha value is -2.18. The summed E-state index contributed by atoms with van der Waals surface area (Å²) < 4.78 is 5.19. The van der Waals surface area contributed by atoms with Crippen LogP contribution in [0.1, 0.15) is 43.7 Å². The van der Waals surface area contributed by atoms with Gasteiger partial charge in [-0.25, -0.2) is 0 Å². The monoisotopic (exact) mass is 474 g/mol. The van der Waals surface area contributed by atoms with Gasteiger partial charge < -0.3 is 15.0 Å². The molecule has 1 fully saturated rings. The van der Waals surface area contributed by atoms with E-state index in [1.807, 2.05) is 43.3 Å². The van der Waals surface area contributed by atoms with Gasteiger partial charge in [0.15, 0.2) is 0 Å². The van der Waals surface area contributed by atoms with E-state index in [9.17, 15) is 9.59 Å². The van der Waals surface area contributed by atoms with Gasteiger partial charge in [0.25, 0.3) is 0 Å². The van der Waals surface area contributed by atoms with Crippen molar-refractivity contribution in [2.75, 3.05) is 12.9 Å². The number of rotatable bonds is 10. The fourth-order valence-electron chi connectivity index (χ4n) is 3.82. The van der Waals surface area contributed by atoms with Crippen molar-refractivity contribution < 1.29 is 14.3 Å². The fourth-order valence-corrected chi connectivity index (χ4v) is 4.82. The molecule has 3 rings (SSSR count). The van der Waals surface area contributed by atoms with E-state index in [2.05, 4.69) is 5.32 Å². The molecule has 1 aliphatic rings. The van der Waals surface area contributed by atoms with Crippen molar-refractivity contribution >= 4 is 35.2 Å². The third-order valence-electron chi connectivity index (χ3n) is 5.79. The smallest absolute Gasteiger partial charge is 0.242 e. The number of carbonyl (C=O) groups excluding carboxylic acids is 2. The summed E-state index contributed by atoms with van der Waals surface area (Å²) >= 11 is 7.56. The van der Waals surface area contributed by atoms with Crippen LogP contribution >= 0.6 is 23.4 Å². The first-order valence-electron chi connectivity index (χ1n) is 11.0. The Bertz CT molecular complexity index is 883. The number of nitrogens with zero attached hydrogens (tertiary/aromatic N) is 1. The molecular formula is C25H31ClN2O3S. The molecule has 0 heterocycles. The summed E-state index contributed by atoms with van der Waals surface area (Å²) in [5.41, 5.74) is 2.07. The van der Waals surface area contributed by atoms with Crippen LogP contribution < -0.4 is 10.1 Å². The number of thioether (sulfide) groups is 1. The van der Waals surface area contributed by atoms with Crippen LogP contribution in [0.5, 0.6) is 5.75 Å². The summed E-state index contributed by atoms with van der Waals surface area (Å²) in [5.74, 6) is 1.70. The van der Waals surface area contributed by atoms with Gasteiger partial charge in [-0.2, -0.15) is 0 Å². The first-order valence-corrected chi connectivity index (χ1v) is 12.5. The van der Waals surface area contributed by atoms with Crippen LogP contribution in [-0.4, -0.2) is 41.7 Å². The molecule has 172 valence electrons. The molecule has 0 saturated heterocycles. The van der Waals surface area contributed by atoms with Crippen molar-refractivity contribution in [3.63, 3.8) is 0 Å². The van der Waals surface area contributed by atoms with Gasteiger partial charge in [0, 0.05) is 23.4 Å². The summed E-state index contributed by atoms with van der Waals surface area (Å²) in [6, 6.07) is 14.9. The highest BCUT2D eigenvalue weighted by molar-refractivity contribution is 7.99. The van der Waals surface area contributed by atoms with E-state index in [0.717, 1.165) is 42.6 Å². The Morgan fingerprint density at radius 2 is 1.72 bits per heavy atom. The molecule has 1 aliphatic carbocycles. The van der Waals surface area contributed by atoms with Crippen molar-refractivity contribution in [2.24, 2.45) is 0 Å². The van der Waals surface area contributed by atoms with Crippen LogP contribution in [0.4, 0.5) is 0 Å². The standard InChI is InChI=1S/C25H31ClN2O3S/c1-18(25(30)27-22-5-3-4-6-22)28(15-19-7-11-21(26)12-8-19)24(29)17-32-16-20-9-13-23(31-2)14-10-20/h7-14,18,22H,3-6,15-17H2,1-2H3,(H,27,30). The predicted molar refractivity (Wildman–Crippen MR) is 131 cm³/mol. The average Bonchev–Trinajstić information content (AvgIpc) is 3.31. The first kappa shape index (κ1) is 24.5. The molecule has 5 nitrogen and oxygen atoms in total. The molecule has 1 saturated carbocycles. The lowest BCUT2D eigenvalue weighted by molar-refractivity contribution is -0.138. The molecular weight excluding hydrogens is 444 g/mol. The highest BCUT2D eigenvalue weighted by Crippen LogP contribution is 2.21. The Kier molecular flexibility index (Phi) is 9.30. The van der Waals surface area contributed by atoms with E-state index in [4.69, 9.17) is 16.3 Å². The van der Waals surface area contributed by atoms with Gasteiger partial charge in [-0.15, -0.1) is 11.8 Å². The minimum atomic E-state index is -0.541. The molecule has 0 aliphatic heterocycles. The Morgan fingerprint density at radius 1 is 1.09 bits per heavy atom. The average molecular weight is 475 g/mol. The van der Waals surface area contributed by atoms with Crippen LogP contribution in [0.25, 0.3) is 0 Å². The number of amides is 2. The van der Waals surface area contributed by atoms with Crippen LogP contribution in [-0.2, 0) is 21.9 Å². The second-order valence-electron chi connectivity index (χ2n) is 8.15. The highest BCUT2D eigenvalue weighted by Gasteiger charge is 2.28. The van der Waals surface area contributed by atoms with E-state index in [1.165, 1.54) is 0 Å². The number of methoxy groups -OCH3 is 1. The predicted octanol–water partition coefficient (Wildman–Crippen LogP) is 5.06.